The van der Waals surface area contributed by atoms with E-state index in [9.17, 15) is 4.79 Å². The molecule has 1 aromatic rings. The Bertz CT molecular complexity index is 350. The quantitative estimate of drug-likeness (QED) is 0.775. The van der Waals surface area contributed by atoms with Crippen molar-refractivity contribution in [3.63, 3.8) is 0 Å². The molecule has 0 aromatic carbocycles. The number of hydrogen-bond acceptors (Lipinski definition) is 4. The molecule has 1 unspecified atom stereocenters. The number of nitrogens with two attached hydrogens (primary N) is 1. The lowest BCUT2D eigenvalue weighted by Crippen LogP contribution is -2.33. The highest BCUT2D eigenvalue weighted by Crippen LogP contribution is 2.15. The zero-order valence-electron chi connectivity index (χ0n) is 8.06. The van der Waals surface area contributed by atoms with E-state index in [0.29, 0.717) is 6.54 Å². The van der Waals surface area contributed by atoms with E-state index in [0.717, 1.165) is 23.7 Å². The van der Waals surface area contributed by atoms with E-state index in [4.69, 9.17) is 5.73 Å². The van der Waals surface area contributed by atoms with Crippen LogP contribution in [-0.2, 0) is 11.3 Å². The summed E-state index contributed by atoms with van der Waals surface area (Å²) in [5.41, 5.74) is 6.59. The Morgan fingerprint density at radius 2 is 2.57 bits per heavy atom. The Balaban J connectivity index is 2.02. The van der Waals surface area contributed by atoms with E-state index in [1.807, 2.05) is 12.3 Å². The summed E-state index contributed by atoms with van der Waals surface area (Å²) in [5.74, 6) is 0.0515. The van der Waals surface area contributed by atoms with Crippen molar-refractivity contribution < 1.29 is 4.79 Å². The van der Waals surface area contributed by atoms with Crippen molar-refractivity contribution in [1.82, 2.24) is 9.88 Å². The minimum Gasteiger partial charge on any atom is -0.335 e. The van der Waals surface area contributed by atoms with Crippen molar-refractivity contribution >= 4 is 17.2 Å². The summed E-state index contributed by atoms with van der Waals surface area (Å²) >= 11 is 1.61. The molecule has 0 aliphatic carbocycles. The number of amides is 1. The van der Waals surface area contributed by atoms with Crippen molar-refractivity contribution in [2.24, 2.45) is 5.73 Å². The Morgan fingerprint density at radius 3 is 3.07 bits per heavy atom. The predicted molar refractivity (Wildman–Crippen MR) is 54.9 cm³/mol. The number of aromatic nitrogens is 1. The third-order valence-electron chi connectivity index (χ3n) is 2.36. The summed E-state index contributed by atoms with van der Waals surface area (Å²) in [5, 5.41) is 3.03. The van der Waals surface area contributed by atoms with Gasteiger partial charge in [0, 0.05) is 11.9 Å². The molecule has 1 fully saturated rings. The first-order valence-corrected chi connectivity index (χ1v) is 5.50. The summed E-state index contributed by atoms with van der Waals surface area (Å²) in [4.78, 5) is 17.6. The molecular weight excluding hydrogens is 198 g/mol. The molecule has 0 radical (unpaired) electrons. The van der Waals surface area contributed by atoms with Gasteiger partial charge in [-0.2, -0.15) is 0 Å². The molecule has 0 saturated carbocycles. The Labute approximate surface area is 86.7 Å². The van der Waals surface area contributed by atoms with Gasteiger partial charge in [0.05, 0.1) is 23.3 Å². The first-order valence-electron chi connectivity index (χ1n) is 4.62. The fourth-order valence-electron chi connectivity index (χ4n) is 1.60. The molecule has 0 bridgehead atoms. The van der Waals surface area contributed by atoms with Crippen LogP contribution < -0.4 is 5.73 Å². The molecular formula is C9H13N3OS. The number of carbonyl (C=O) groups excluding carboxylic acids is 1. The van der Waals surface area contributed by atoms with Gasteiger partial charge in [-0.25, -0.2) is 4.98 Å². The maximum absolute atomic E-state index is 11.5. The average molecular weight is 211 g/mol. The normalized spacial score (nSPS) is 22.0. The van der Waals surface area contributed by atoms with E-state index in [-0.39, 0.29) is 11.9 Å². The standard InChI is InChI=1S/C9H13N3OS/c1-6-11-7(5-14-6)4-12-3-2-8(10)9(12)13/h5,8H,2-4,10H2,1H3. The second-order valence-electron chi connectivity index (χ2n) is 3.51. The summed E-state index contributed by atoms with van der Waals surface area (Å²) in [6.07, 6.45) is 0.766. The van der Waals surface area contributed by atoms with Crippen molar-refractivity contribution in [3.05, 3.63) is 16.1 Å². The van der Waals surface area contributed by atoms with Gasteiger partial charge in [-0.15, -0.1) is 11.3 Å². The summed E-state index contributed by atoms with van der Waals surface area (Å²) in [6.45, 7) is 3.33. The summed E-state index contributed by atoms with van der Waals surface area (Å²) in [6, 6.07) is -0.297. The van der Waals surface area contributed by atoms with Crippen molar-refractivity contribution in [2.75, 3.05) is 6.54 Å². The zero-order chi connectivity index (χ0) is 10.1. The van der Waals surface area contributed by atoms with E-state index >= 15 is 0 Å². The molecule has 5 heteroatoms. The maximum Gasteiger partial charge on any atom is 0.239 e. The third-order valence-corrected chi connectivity index (χ3v) is 3.18. The summed E-state index contributed by atoms with van der Waals surface area (Å²) < 4.78 is 0. The smallest absolute Gasteiger partial charge is 0.239 e. The first kappa shape index (κ1) is 9.61. The first-order chi connectivity index (χ1) is 6.66. The largest absolute Gasteiger partial charge is 0.335 e. The molecule has 0 spiro atoms. The molecule has 1 aromatic heterocycles. The molecule has 2 N–H and O–H groups in total. The van der Waals surface area contributed by atoms with Crippen molar-refractivity contribution in [3.8, 4) is 0 Å². The third kappa shape index (κ3) is 1.78. The maximum atomic E-state index is 11.5. The van der Waals surface area contributed by atoms with Crippen LogP contribution in [0.25, 0.3) is 0 Å². The second kappa shape index (κ2) is 3.67. The number of carbonyl (C=O) groups is 1. The number of thiazole rings is 1. The topological polar surface area (TPSA) is 59.2 Å². The lowest BCUT2D eigenvalue weighted by atomic mass is 10.3. The van der Waals surface area contributed by atoms with Crippen LogP contribution in [0.1, 0.15) is 17.1 Å². The van der Waals surface area contributed by atoms with E-state index < -0.39 is 0 Å². The Hall–Kier alpha value is -0.940. The van der Waals surface area contributed by atoms with Crippen LogP contribution in [0, 0.1) is 6.92 Å². The van der Waals surface area contributed by atoms with Gasteiger partial charge in [-0.05, 0) is 13.3 Å². The average Bonchev–Trinajstić information content (AvgIpc) is 2.67. The van der Waals surface area contributed by atoms with Gasteiger partial charge >= 0.3 is 0 Å². The fraction of sp³-hybridized carbons (Fsp3) is 0.556. The van der Waals surface area contributed by atoms with Crippen LogP contribution in [-0.4, -0.2) is 28.4 Å². The van der Waals surface area contributed by atoms with Crippen molar-refractivity contribution in [1.29, 1.82) is 0 Å². The van der Waals surface area contributed by atoms with Crippen LogP contribution in [0.4, 0.5) is 0 Å². The van der Waals surface area contributed by atoms with Crippen LogP contribution in [0.15, 0.2) is 5.38 Å². The molecule has 1 aliphatic rings. The molecule has 1 aliphatic heterocycles. The Kier molecular flexibility index (Phi) is 2.52. The monoisotopic (exact) mass is 211 g/mol. The SMILES string of the molecule is Cc1nc(CN2CCC(N)C2=O)cs1. The Morgan fingerprint density at radius 1 is 1.79 bits per heavy atom. The predicted octanol–water partition coefficient (Wildman–Crippen LogP) is 0.511. The highest BCUT2D eigenvalue weighted by Gasteiger charge is 2.28. The highest BCUT2D eigenvalue weighted by molar-refractivity contribution is 7.09. The van der Waals surface area contributed by atoms with Crippen LogP contribution in [0.2, 0.25) is 0 Å². The minimum atomic E-state index is -0.297. The van der Waals surface area contributed by atoms with Gasteiger partial charge in [0.15, 0.2) is 0 Å². The van der Waals surface area contributed by atoms with Gasteiger partial charge in [-0.1, -0.05) is 0 Å². The number of likely N-dealkylation sites (tertiary alicyclic amines) is 1. The molecule has 76 valence electrons. The van der Waals surface area contributed by atoms with E-state index in [1.54, 1.807) is 16.2 Å². The highest BCUT2D eigenvalue weighted by atomic mass is 32.1. The van der Waals surface area contributed by atoms with Gasteiger partial charge < -0.3 is 10.6 Å². The lowest BCUT2D eigenvalue weighted by Gasteiger charge is -2.13. The fourth-order valence-corrected chi connectivity index (χ4v) is 2.20. The second-order valence-corrected chi connectivity index (χ2v) is 4.58. The number of rotatable bonds is 2. The van der Waals surface area contributed by atoms with E-state index in [1.165, 1.54) is 0 Å². The number of nitrogens with zero attached hydrogens (tertiary/aromatic N) is 2. The minimum absolute atomic E-state index is 0.0515. The van der Waals surface area contributed by atoms with Gasteiger partial charge in [-0.3, -0.25) is 4.79 Å². The molecule has 2 rings (SSSR count). The lowest BCUT2D eigenvalue weighted by molar-refractivity contribution is -0.129. The van der Waals surface area contributed by atoms with Crippen LogP contribution >= 0.6 is 11.3 Å². The molecule has 14 heavy (non-hydrogen) atoms. The van der Waals surface area contributed by atoms with E-state index in [2.05, 4.69) is 4.98 Å². The van der Waals surface area contributed by atoms with Gasteiger partial charge in [0.2, 0.25) is 5.91 Å². The van der Waals surface area contributed by atoms with Gasteiger partial charge in [0.25, 0.3) is 0 Å². The molecule has 2 heterocycles. The van der Waals surface area contributed by atoms with Crippen LogP contribution in [0.3, 0.4) is 0 Å². The van der Waals surface area contributed by atoms with Crippen molar-refractivity contribution in [2.45, 2.75) is 25.9 Å². The molecule has 1 atom stereocenters. The number of hydrogen-bond donors (Lipinski definition) is 1. The molecule has 1 saturated heterocycles. The molecule has 1 amide bonds. The van der Waals surface area contributed by atoms with Crippen LogP contribution in [0.5, 0.6) is 0 Å². The zero-order valence-corrected chi connectivity index (χ0v) is 8.88. The summed E-state index contributed by atoms with van der Waals surface area (Å²) in [7, 11) is 0. The molecule has 4 nitrogen and oxygen atoms in total. The van der Waals surface area contributed by atoms with Gasteiger partial charge in [0.1, 0.15) is 0 Å². The number of aryl methyl sites for hydroxylation is 1.